The van der Waals surface area contributed by atoms with Crippen molar-refractivity contribution in [3.8, 4) is 0 Å². The van der Waals surface area contributed by atoms with Crippen LogP contribution in [0.4, 0.5) is 5.13 Å². The Balaban J connectivity index is 2.69. The molecule has 0 saturated carbocycles. The molecular weight excluding hydrogens is 272 g/mol. The first-order chi connectivity index (χ1) is 7.33. The van der Waals surface area contributed by atoms with Gasteiger partial charge in [-0.25, -0.2) is 13.4 Å². The van der Waals surface area contributed by atoms with Gasteiger partial charge in [-0.1, -0.05) is 22.9 Å². The van der Waals surface area contributed by atoms with E-state index in [-0.39, 0.29) is 17.5 Å². The van der Waals surface area contributed by atoms with Crippen molar-refractivity contribution in [1.82, 2.24) is 4.98 Å². The van der Waals surface area contributed by atoms with Crippen molar-refractivity contribution in [2.24, 2.45) is 0 Å². The Kier molecular flexibility index (Phi) is 4.54. The fourth-order valence-electron chi connectivity index (χ4n) is 0.981. The van der Waals surface area contributed by atoms with Crippen molar-refractivity contribution >= 4 is 37.9 Å². The number of thiazole rings is 1. The summed E-state index contributed by atoms with van der Waals surface area (Å²) in [7, 11) is -1.25. The fraction of sp³-hybridized carbons (Fsp3) is 0.625. The molecule has 1 rings (SSSR count). The molecule has 8 heteroatoms. The Morgan fingerprint density at radius 2 is 2.19 bits per heavy atom. The molecule has 0 bridgehead atoms. The number of aliphatic hydroxyl groups is 1. The highest BCUT2D eigenvalue weighted by Crippen LogP contribution is 2.28. The minimum Gasteiger partial charge on any atom is -0.391 e. The second-order valence-corrected chi connectivity index (χ2v) is 7.10. The van der Waals surface area contributed by atoms with Crippen molar-refractivity contribution in [1.29, 1.82) is 0 Å². The highest BCUT2D eigenvalue weighted by molar-refractivity contribution is 7.90. The van der Waals surface area contributed by atoms with Gasteiger partial charge in [-0.05, 0) is 0 Å². The van der Waals surface area contributed by atoms with Crippen LogP contribution < -0.4 is 4.90 Å². The number of anilines is 1. The van der Waals surface area contributed by atoms with Gasteiger partial charge in [0.05, 0.1) is 17.2 Å². The summed E-state index contributed by atoms with van der Waals surface area (Å²) in [5.41, 5.74) is 0. The van der Waals surface area contributed by atoms with Gasteiger partial charge in [-0.15, -0.1) is 0 Å². The molecule has 16 heavy (non-hydrogen) atoms. The highest BCUT2D eigenvalue weighted by Gasteiger charge is 2.13. The number of hydrogen-bond donors (Lipinski definition) is 1. The number of hydrogen-bond acceptors (Lipinski definition) is 6. The van der Waals surface area contributed by atoms with Gasteiger partial charge >= 0.3 is 0 Å². The molecule has 0 aliphatic rings. The zero-order valence-corrected chi connectivity index (χ0v) is 11.4. The van der Waals surface area contributed by atoms with Crippen LogP contribution in [0, 0.1) is 0 Å². The van der Waals surface area contributed by atoms with Gasteiger partial charge < -0.3 is 10.0 Å². The molecule has 1 heterocycles. The lowest BCUT2D eigenvalue weighted by Gasteiger charge is -2.14. The molecule has 0 amide bonds. The standard InChI is InChI=1S/C8H13ClN2O3S2/c1-11(3-4-16(2,13)14)8-10-7(9)6(5-12)15-8/h12H,3-5H2,1-2H3. The molecular formula is C8H13ClN2O3S2. The van der Waals surface area contributed by atoms with Gasteiger partial charge in [-0.3, -0.25) is 0 Å². The van der Waals surface area contributed by atoms with E-state index in [2.05, 4.69) is 4.98 Å². The van der Waals surface area contributed by atoms with Gasteiger partial charge in [-0.2, -0.15) is 0 Å². The van der Waals surface area contributed by atoms with Crippen LogP contribution in [0.5, 0.6) is 0 Å². The summed E-state index contributed by atoms with van der Waals surface area (Å²) in [6, 6.07) is 0. The summed E-state index contributed by atoms with van der Waals surface area (Å²) >= 11 is 7.03. The number of sulfone groups is 1. The van der Waals surface area contributed by atoms with Crippen LogP contribution in [0.3, 0.4) is 0 Å². The predicted molar refractivity (Wildman–Crippen MR) is 66.0 cm³/mol. The summed E-state index contributed by atoms with van der Waals surface area (Å²) in [5.74, 6) is 0.0646. The van der Waals surface area contributed by atoms with Crippen LogP contribution in [0.1, 0.15) is 4.88 Å². The SMILES string of the molecule is CN(CCS(C)(=O)=O)c1nc(Cl)c(CO)s1. The molecule has 0 aromatic carbocycles. The predicted octanol–water partition coefficient (Wildman–Crippen LogP) is 0.770. The maximum absolute atomic E-state index is 11.0. The van der Waals surface area contributed by atoms with Crippen molar-refractivity contribution in [3.63, 3.8) is 0 Å². The molecule has 1 aromatic heterocycles. The van der Waals surface area contributed by atoms with Gasteiger partial charge in [0.15, 0.2) is 5.13 Å². The molecule has 0 saturated heterocycles. The number of aliphatic hydroxyl groups excluding tert-OH is 1. The van der Waals surface area contributed by atoms with Crippen LogP contribution in [-0.4, -0.2) is 44.1 Å². The second kappa shape index (κ2) is 5.31. The molecule has 0 unspecified atom stereocenters. The summed E-state index contributed by atoms with van der Waals surface area (Å²) in [6.07, 6.45) is 1.19. The van der Waals surface area contributed by atoms with E-state index in [4.69, 9.17) is 16.7 Å². The Morgan fingerprint density at radius 3 is 2.62 bits per heavy atom. The molecule has 0 aliphatic heterocycles. The van der Waals surface area contributed by atoms with E-state index < -0.39 is 9.84 Å². The fourth-order valence-corrected chi connectivity index (χ4v) is 2.69. The number of aromatic nitrogens is 1. The normalized spacial score (nSPS) is 11.8. The van der Waals surface area contributed by atoms with Crippen molar-refractivity contribution in [2.75, 3.05) is 30.5 Å². The maximum Gasteiger partial charge on any atom is 0.186 e. The first-order valence-electron chi connectivity index (χ1n) is 4.48. The number of halogens is 1. The Bertz CT molecular complexity index is 458. The minimum absolute atomic E-state index is 0.0646. The van der Waals surface area contributed by atoms with Gasteiger partial charge in [0.25, 0.3) is 0 Å². The largest absolute Gasteiger partial charge is 0.391 e. The van der Waals surface area contributed by atoms with E-state index in [0.717, 1.165) is 0 Å². The van der Waals surface area contributed by atoms with Crippen LogP contribution >= 0.6 is 22.9 Å². The molecule has 92 valence electrons. The van der Waals surface area contributed by atoms with Crippen molar-refractivity contribution in [3.05, 3.63) is 10.0 Å². The van der Waals surface area contributed by atoms with Gasteiger partial charge in [0, 0.05) is 19.8 Å². The van der Waals surface area contributed by atoms with Crippen molar-refractivity contribution < 1.29 is 13.5 Å². The summed E-state index contributed by atoms with van der Waals surface area (Å²) in [6.45, 7) is 0.198. The Labute approximate surface area is 104 Å². The van der Waals surface area contributed by atoms with E-state index in [1.54, 1.807) is 11.9 Å². The average Bonchev–Trinajstić information content (AvgIpc) is 2.55. The monoisotopic (exact) mass is 284 g/mol. The average molecular weight is 285 g/mol. The van der Waals surface area contributed by atoms with Crippen LogP contribution in [0.25, 0.3) is 0 Å². The van der Waals surface area contributed by atoms with E-state index in [0.29, 0.717) is 16.6 Å². The topological polar surface area (TPSA) is 70.5 Å². The van der Waals surface area contributed by atoms with Gasteiger partial charge in [0.1, 0.15) is 15.0 Å². The Hall–Kier alpha value is -0.370. The minimum atomic E-state index is -2.98. The van der Waals surface area contributed by atoms with E-state index in [9.17, 15) is 8.42 Å². The van der Waals surface area contributed by atoms with Crippen LogP contribution in [-0.2, 0) is 16.4 Å². The molecule has 0 atom stereocenters. The summed E-state index contributed by atoms with van der Waals surface area (Å²) in [5, 5.41) is 9.83. The Morgan fingerprint density at radius 1 is 1.56 bits per heavy atom. The van der Waals surface area contributed by atoms with Crippen LogP contribution in [0.2, 0.25) is 5.15 Å². The summed E-state index contributed by atoms with van der Waals surface area (Å²) in [4.78, 5) is 6.33. The highest BCUT2D eigenvalue weighted by atomic mass is 35.5. The van der Waals surface area contributed by atoms with E-state index in [1.807, 2.05) is 0 Å². The third kappa shape index (κ3) is 3.89. The first-order valence-corrected chi connectivity index (χ1v) is 7.74. The molecule has 0 aliphatic carbocycles. The molecule has 5 nitrogen and oxygen atoms in total. The smallest absolute Gasteiger partial charge is 0.186 e. The third-order valence-electron chi connectivity index (χ3n) is 1.91. The molecule has 1 N–H and O–H groups in total. The maximum atomic E-state index is 11.0. The molecule has 0 fully saturated rings. The third-order valence-corrected chi connectivity index (χ3v) is 4.41. The van der Waals surface area contributed by atoms with Gasteiger partial charge in [0.2, 0.25) is 0 Å². The van der Waals surface area contributed by atoms with Crippen LogP contribution in [0.15, 0.2) is 0 Å². The van der Waals surface area contributed by atoms with E-state index in [1.165, 1.54) is 17.6 Å². The molecule has 0 radical (unpaired) electrons. The van der Waals surface area contributed by atoms with Crippen molar-refractivity contribution in [2.45, 2.75) is 6.61 Å². The summed E-state index contributed by atoms with van der Waals surface area (Å²) < 4.78 is 22.0. The molecule has 0 spiro atoms. The zero-order chi connectivity index (χ0) is 12.3. The second-order valence-electron chi connectivity index (χ2n) is 3.42. The lowest BCUT2D eigenvalue weighted by molar-refractivity contribution is 0.285. The lowest BCUT2D eigenvalue weighted by atomic mass is 10.6. The lowest BCUT2D eigenvalue weighted by Crippen LogP contribution is -2.24. The zero-order valence-electron chi connectivity index (χ0n) is 8.97. The van der Waals surface area contributed by atoms with E-state index >= 15 is 0 Å². The number of nitrogens with zero attached hydrogens (tertiary/aromatic N) is 2. The quantitative estimate of drug-likeness (QED) is 0.865. The first kappa shape index (κ1) is 13.7. The number of rotatable bonds is 5. The molecule has 1 aromatic rings.